The predicted molar refractivity (Wildman–Crippen MR) is 222 cm³/mol. The highest BCUT2D eigenvalue weighted by atomic mass is 32.2. The summed E-state index contributed by atoms with van der Waals surface area (Å²) in [5.41, 5.74) is 17.4. The molecule has 0 aromatic rings. The van der Waals surface area contributed by atoms with Crippen LogP contribution in [0.2, 0.25) is 0 Å². The SMILES string of the molecule is CC(C)CC(CC(=O)NO)C(=O)N[C@@H](CCC(N)=O)C(=O)N[C@@H](CC(N)=O)C(=O)NCC(=O)NCC(=O)N[C@@H](CCCCNC(=O)CCCC[C@@H]1SC[C@@H]2NC(=O)N[C@@H]21)C(N)=O. The lowest BCUT2D eigenvalue weighted by Crippen LogP contribution is -2.56. The summed E-state index contributed by atoms with van der Waals surface area (Å²) in [6.45, 7) is 2.56. The molecule has 0 radical (unpaired) electrons. The number of urea groups is 1. The number of hydrogen-bond donors (Lipinski definition) is 13. The van der Waals surface area contributed by atoms with Crippen LogP contribution in [-0.2, 0) is 47.9 Å². The van der Waals surface area contributed by atoms with E-state index in [-0.39, 0.29) is 55.6 Å². The van der Waals surface area contributed by atoms with Crippen LogP contribution in [0.3, 0.4) is 0 Å². The Hall–Kier alpha value is -5.72. The number of nitrogens with two attached hydrogens (primary N) is 3. The molecule has 348 valence electrons. The van der Waals surface area contributed by atoms with Crippen molar-refractivity contribution in [2.75, 3.05) is 25.4 Å². The first-order valence-corrected chi connectivity index (χ1v) is 21.5. The fraction of sp³-hybridized carbons (Fsp3) is 0.703. The number of carbonyl (C=O) groups is 11. The molecule has 12 amide bonds. The van der Waals surface area contributed by atoms with Crippen LogP contribution < -0.4 is 65.2 Å². The molecule has 24 nitrogen and oxygen atoms in total. The van der Waals surface area contributed by atoms with Crippen LogP contribution >= 0.6 is 11.8 Å². The third-order valence-corrected chi connectivity index (χ3v) is 11.4. The second-order valence-electron chi connectivity index (χ2n) is 15.6. The van der Waals surface area contributed by atoms with E-state index in [1.807, 2.05) is 11.8 Å². The summed E-state index contributed by atoms with van der Waals surface area (Å²) in [5, 5.41) is 29.5. The van der Waals surface area contributed by atoms with Crippen molar-refractivity contribution in [3.63, 3.8) is 0 Å². The first kappa shape index (κ1) is 52.4. The molecule has 2 fully saturated rings. The summed E-state index contributed by atoms with van der Waals surface area (Å²) in [6, 6.07) is -4.06. The van der Waals surface area contributed by atoms with Crippen molar-refractivity contribution < 1.29 is 57.9 Å². The highest BCUT2D eigenvalue weighted by molar-refractivity contribution is 8.00. The molecule has 2 aliphatic heterocycles. The monoisotopic (exact) mass is 898 g/mol. The van der Waals surface area contributed by atoms with Crippen LogP contribution in [0.5, 0.6) is 0 Å². The van der Waals surface area contributed by atoms with Crippen LogP contribution in [0.4, 0.5) is 4.79 Å². The van der Waals surface area contributed by atoms with Gasteiger partial charge in [0.15, 0.2) is 0 Å². The summed E-state index contributed by atoms with van der Waals surface area (Å²) < 4.78 is 0. The van der Waals surface area contributed by atoms with Crippen LogP contribution in [0.1, 0.15) is 90.9 Å². The third-order valence-electron chi connectivity index (χ3n) is 9.90. The van der Waals surface area contributed by atoms with Crippen molar-refractivity contribution >= 4 is 76.9 Å². The second kappa shape index (κ2) is 27.3. The fourth-order valence-electron chi connectivity index (χ4n) is 6.78. The molecule has 2 aliphatic rings. The molecule has 62 heavy (non-hydrogen) atoms. The van der Waals surface area contributed by atoms with E-state index in [2.05, 4.69) is 42.5 Å². The molecular weight excluding hydrogens is 837 g/mol. The van der Waals surface area contributed by atoms with E-state index >= 15 is 0 Å². The van der Waals surface area contributed by atoms with Crippen molar-refractivity contribution in [3.05, 3.63) is 0 Å². The van der Waals surface area contributed by atoms with Gasteiger partial charge in [0.05, 0.1) is 31.6 Å². The van der Waals surface area contributed by atoms with Gasteiger partial charge in [0.1, 0.15) is 18.1 Å². The minimum Gasteiger partial charge on any atom is -0.370 e. The van der Waals surface area contributed by atoms with Gasteiger partial charge in [-0.3, -0.25) is 53.2 Å². The van der Waals surface area contributed by atoms with Crippen LogP contribution in [0, 0.1) is 11.8 Å². The first-order valence-electron chi connectivity index (χ1n) is 20.5. The largest absolute Gasteiger partial charge is 0.370 e. The van der Waals surface area contributed by atoms with Gasteiger partial charge >= 0.3 is 6.03 Å². The Bertz CT molecular complexity index is 1640. The van der Waals surface area contributed by atoms with E-state index in [0.717, 1.165) is 18.6 Å². The maximum absolute atomic E-state index is 13.3. The second-order valence-corrected chi connectivity index (χ2v) is 16.9. The Labute approximate surface area is 362 Å². The van der Waals surface area contributed by atoms with E-state index in [4.69, 9.17) is 22.4 Å². The Morgan fingerprint density at radius 3 is 2.03 bits per heavy atom. The number of primary amides is 3. The number of rotatable bonds is 30. The van der Waals surface area contributed by atoms with Crippen molar-refractivity contribution in [3.8, 4) is 0 Å². The molecule has 0 aromatic heterocycles. The molecule has 2 heterocycles. The number of carbonyl (C=O) groups excluding carboxylic acids is 11. The van der Waals surface area contributed by atoms with Crippen LogP contribution in [0.25, 0.3) is 0 Å². The molecule has 2 rings (SSSR count). The molecule has 16 N–H and O–H groups in total. The van der Waals surface area contributed by atoms with Crippen LogP contribution in [-0.4, -0.2) is 131 Å². The quantitative estimate of drug-likeness (QED) is 0.0141. The number of hydrogen-bond acceptors (Lipinski definition) is 13. The lowest BCUT2D eigenvalue weighted by atomic mass is 9.92. The predicted octanol–water partition coefficient (Wildman–Crippen LogP) is -4.13. The Morgan fingerprint density at radius 1 is 0.694 bits per heavy atom. The number of thioether (sulfide) groups is 1. The molecule has 0 aromatic carbocycles. The number of fused-ring (bicyclic) bond motifs is 1. The van der Waals surface area contributed by atoms with E-state index in [0.29, 0.717) is 37.5 Å². The average Bonchev–Trinajstić information content (AvgIpc) is 3.76. The summed E-state index contributed by atoms with van der Waals surface area (Å²) in [5.74, 6) is -8.31. The molecule has 25 heteroatoms. The van der Waals surface area contributed by atoms with Gasteiger partial charge in [-0.15, -0.1) is 0 Å². The third kappa shape index (κ3) is 20.2. The number of amides is 12. The minimum atomic E-state index is -1.66. The highest BCUT2D eigenvalue weighted by Crippen LogP contribution is 2.33. The molecule has 0 aliphatic carbocycles. The maximum Gasteiger partial charge on any atom is 0.315 e. The number of nitrogens with one attached hydrogen (secondary N) is 9. The van der Waals surface area contributed by atoms with Gasteiger partial charge in [-0.25, -0.2) is 10.3 Å². The molecule has 0 saturated carbocycles. The first-order chi connectivity index (χ1) is 29.3. The zero-order valence-electron chi connectivity index (χ0n) is 35.0. The minimum absolute atomic E-state index is 0.0822. The number of hydroxylamine groups is 1. The van der Waals surface area contributed by atoms with Crippen molar-refractivity contribution in [1.29, 1.82) is 0 Å². The van der Waals surface area contributed by atoms with Crippen LogP contribution in [0.15, 0.2) is 0 Å². The average molecular weight is 899 g/mol. The zero-order chi connectivity index (χ0) is 46.4. The van der Waals surface area contributed by atoms with Gasteiger partial charge in [-0.05, 0) is 50.9 Å². The molecule has 2 saturated heterocycles. The van der Waals surface area contributed by atoms with Gasteiger partial charge in [-0.2, -0.15) is 11.8 Å². The summed E-state index contributed by atoms with van der Waals surface area (Å²) >= 11 is 1.82. The molecule has 0 spiro atoms. The normalized spacial score (nSPS) is 18.3. The van der Waals surface area contributed by atoms with Gasteiger partial charge in [-0.1, -0.05) is 20.3 Å². The molecule has 0 bridgehead atoms. The maximum atomic E-state index is 13.3. The Morgan fingerprint density at radius 2 is 1.39 bits per heavy atom. The zero-order valence-corrected chi connectivity index (χ0v) is 35.8. The van der Waals surface area contributed by atoms with Gasteiger partial charge in [0.25, 0.3) is 0 Å². The van der Waals surface area contributed by atoms with Gasteiger partial charge in [0.2, 0.25) is 59.1 Å². The van der Waals surface area contributed by atoms with E-state index < -0.39 is 103 Å². The molecular formula is C37H62N12O12S. The highest BCUT2D eigenvalue weighted by Gasteiger charge is 2.42. The van der Waals surface area contributed by atoms with Crippen molar-refractivity contribution in [2.24, 2.45) is 29.0 Å². The van der Waals surface area contributed by atoms with E-state index in [1.54, 1.807) is 13.8 Å². The lowest BCUT2D eigenvalue weighted by Gasteiger charge is -2.25. The fourth-order valence-corrected chi connectivity index (χ4v) is 8.32. The lowest BCUT2D eigenvalue weighted by molar-refractivity contribution is -0.137. The summed E-state index contributed by atoms with van der Waals surface area (Å²) in [4.78, 5) is 135. The Kier molecular flexibility index (Phi) is 23.1. The van der Waals surface area contributed by atoms with Crippen molar-refractivity contribution in [2.45, 2.75) is 126 Å². The van der Waals surface area contributed by atoms with E-state index in [9.17, 15) is 52.7 Å². The molecule has 1 unspecified atom stereocenters. The van der Waals surface area contributed by atoms with Gasteiger partial charge in [0, 0.05) is 42.7 Å². The van der Waals surface area contributed by atoms with Crippen molar-refractivity contribution in [1.82, 2.24) is 48.0 Å². The van der Waals surface area contributed by atoms with E-state index in [1.165, 1.54) is 5.48 Å². The van der Waals surface area contributed by atoms with Gasteiger partial charge < -0.3 is 59.7 Å². The summed E-state index contributed by atoms with van der Waals surface area (Å²) in [7, 11) is 0. The Balaban J connectivity index is 1.77. The topological polar surface area (TPSA) is 394 Å². The molecule has 7 atom stereocenters. The standard InChI is InChI=1S/C37H62N12O12S/c1-19(2)13-20(14-29(53)49-61)34(57)45-22(10-11-26(38)50)36(59)46-23(15-27(39)51)35(58)43-16-30(54)42-17-31(55)44-21(33(40)56)7-5-6-12-41-28(52)9-4-3-8-25-32-24(18-62-25)47-37(60)48-32/h19-25,32,61H,3-18H2,1-2H3,(H2,38,50)(H2,39,51)(H2,40,56)(H,41,52)(H,42,54)(H,43,58)(H,44,55)(H,45,57)(H,46,59)(H,49,53)(H2,47,48,60)/t20?,21-,22-,23-,24-,25-,32-/m0/s1. The summed E-state index contributed by atoms with van der Waals surface area (Å²) in [6.07, 6.45) is 2.19. The number of unbranched alkanes of at least 4 members (excludes halogenated alkanes) is 2. The smallest absolute Gasteiger partial charge is 0.315 e.